The first kappa shape index (κ1) is 13.8. The number of rotatable bonds is 6. The predicted octanol–water partition coefficient (Wildman–Crippen LogP) is 2.22. The van der Waals surface area contributed by atoms with Crippen LogP contribution in [0.15, 0.2) is 18.2 Å². The number of aromatic nitrogens is 2. The molecule has 0 bridgehead atoms. The van der Waals surface area contributed by atoms with Crippen molar-refractivity contribution < 1.29 is 9.18 Å². The molecule has 6 heteroatoms. The van der Waals surface area contributed by atoms with Gasteiger partial charge in [0, 0.05) is 25.3 Å². The topological polar surface area (TPSA) is 60.9 Å². The number of primary amides is 1. The van der Waals surface area contributed by atoms with Crippen LogP contribution >= 0.6 is 11.6 Å². The Balaban J connectivity index is 2.33. The zero-order valence-corrected chi connectivity index (χ0v) is 11.2. The third-order valence-corrected chi connectivity index (χ3v) is 3.10. The Bertz CT molecular complexity index is 597. The van der Waals surface area contributed by atoms with E-state index in [-0.39, 0.29) is 11.7 Å². The van der Waals surface area contributed by atoms with Gasteiger partial charge < -0.3 is 10.3 Å². The van der Waals surface area contributed by atoms with Gasteiger partial charge >= 0.3 is 0 Å². The molecule has 0 fully saturated rings. The maximum Gasteiger partial charge on any atom is 0.217 e. The smallest absolute Gasteiger partial charge is 0.217 e. The highest BCUT2D eigenvalue weighted by Crippen LogP contribution is 2.19. The van der Waals surface area contributed by atoms with Crippen molar-refractivity contribution in [3.05, 3.63) is 29.8 Å². The van der Waals surface area contributed by atoms with E-state index in [0.717, 1.165) is 16.9 Å². The summed E-state index contributed by atoms with van der Waals surface area (Å²) in [6.45, 7) is 0.578. The van der Waals surface area contributed by atoms with Gasteiger partial charge in [-0.15, -0.1) is 11.6 Å². The van der Waals surface area contributed by atoms with Crippen LogP contribution in [-0.2, 0) is 17.8 Å². The van der Waals surface area contributed by atoms with Crippen LogP contribution in [0, 0.1) is 5.82 Å². The van der Waals surface area contributed by atoms with E-state index in [2.05, 4.69) is 4.98 Å². The summed E-state index contributed by atoms with van der Waals surface area (Å²) in [7, 11) is 0. The number of alkyl halides is 1. The average Bonchev–Trinajstić information content (AvgIpc) is 2.67. The van der Waals surface area contributed by atoms with Gasteiger partial charge in [0.25, 0.3) is 0 Å². The lowest BCUT2D eigenvalue weighted by atomic mass is 10.2. The molecule has 1 aromatic heterocycles. The van der Waals surface area contributed by atoms with E-state index < -0.39 is 0 Å². The van der Waals surface area contributed by atoms with E-state index in [1.54, 1.807) is 6.07 Å². The van der Waals surface area contributed by atoms with Crippen LogP contribution < -0.4 is 5.73 Å². The van der Waals surface area contributed by atoms with Crippen molar-refractivity contribution in [2.45, 2.75) is 25.8 Å². The molecule has 0 saturated carbocycles. The van der Waals surface area contributed by atoms with E-state index in [1.165, 1.54) is 12.1 Å². The molecule has 102 valence electrons. The van der Waals surface area contributed by atoms with Crippen molar-refractivity contribution in [2.24, 2.45) is 5.73 Å². The summed E-state index contributed by atoms with van der Waals surface area (Å²) in [5, 5.41) is 0. The van der Waals surface area contributed by atoms with E-state index in [9.17, 15) is 9.18 Å². The van der Waals surface area contributed by atoms with E-state index in [0.29, 0.717) is 31.7 Å². The summed E-state index contributed by atoms with van der Waals surface area (Å²) in [5.74, 6) is 0.609. The summed E-state index contributed by atoms with van der Waals surface area (Å²) in [6.07, 6.45) is 1.51. The molecule has 2 aromatic rings. The first-order chi connectivity index (χ1) is 9.11. The Morgan fingerprint density at radius 3 is 2.95 bits per heavy atom. The van der Waals surface area contributed by atoms with Crippen LogP contribution in [0.5, 0.6) is 0 Å². The van der Waals surface area contributed by atoms with E-state index >= 15 is 0 Å². The molecule has 0 unspecified atom stereocenters. The molecule has 0 aliphatic carbocycles. The highest BCUT2D eigenvalue weighted by atomic mass is 35.5. The van der Waals surface area contributed by atoms with Crippen LogP contribution in [-0.4, -0.2) is 21.3 Å². The summed E-state index contributed by atoms with van der Waals surface area (Å²) >= 11 is 5.75. The Morgan fingerprint density at radius 1 is 1.47 bits per heavy atom. The zero-order valence-electron chi connectivity index (χ0n) is 10.4. The second-order valence-corrected chi connectivity index (χ2v) is 4.70. The fourth-order valence-electron chi connectivity index (χ4n) is 2.08. The minimum Gasteiger partial charge on any atom is -0.370 e. The van der Waals surface area contributed by atoms with E-state index in [1.807, 2.05) is 4.57 Å². The maximum atomic E-state index is 13.3. The quantitative estimate of drug-likeness (QED) is 0.826. The van der Waals surface area contributed by atoms with Crippen molar-refractivity contribution >= 4 is 28.5 Å². The maximum absolute atomic E-state index is 13.3. The molecule has 1 aromatic carbocycles. The lowest BCUT2D eigenvalue weighted by Crippen LogP contribution is -2.12. The number of benzene rings is 1. The Hall–Kier alpha value is -1.62. The van der Waals surface area contributed by atoms with Gasteiger partial charge in [0.15, 0.2) is 0 Å². The standard InChI is InChI=1S/C13H15ClFN3O/c14-6-5-13-17-10-4-3-9(15)8-11(10)18(13)7-1-2-12(16)19/h3-4,8H,1-2,5-7H2,(H2,16,19). The van der Waals surface area contributed by atoms with Gasteiger partial charge in [-0.2, -0.15) is 0 Å². The molecule has 1 heterocycles. The Kier molecular flexibility index (Phi) is 4.37. The van der Waals surface area contributed by atoms with Crippen LogP contribution in [0.3, 0.4) is 0 Å². The monoisotopic (exact) mass is 283 g/mol. The Labute approximate surface area is 115 Å². The molecule has 0 spiro atoms. The third kappa shape index (κ3) is 3.23. The molecular weight excluding hydrogens is 269 g/mol. The molecule has 2 N–H and O–H groups in total. The lowest BCUT2D eigenvalue weighted by Gasteiger charge is -2.07. The number of fused-ring (bicyclic) bond motifs is 1. The van der Waals surface area contributed by atoms with Gasteiger partial charge in [0.05, 0.1) is 11.0 Å². The number of hydrogen-bond donors (Lipinski definition) is 1. The fraction of sp³-hybridized carbons (Fsp3) is 0.385. The van der Waals surface area contributed by atoms with Gasteiger partial charge in [-0.25, -0.2) is 9.37 Å². The first-order valence-corrected chi connectivity index (χ1v) is 6.64. The molecule has 0 aliphatic heterocycles. The van der Waals surface area contributed by atoms with Crippen LogP contribution in [0.2, 0.25) is 0 Å². The van der Waals surface area contributed by atoms with Crippen LogP contribution in [0.1, 0.15) is 18.7 Å². The number of aryl methyl sites for hydroxylation is 2. The summed E-state index contributed by atoms with van der Waals surface area (Å²) in [6, 6.07) is 4.48. The van der Waals surface area contributed by atoms with Crippen molar-refractivity contribution in [1.29, 1.82) is 0 Å². The van der Waals surface area contributed by atoms with Gasteiger partial charge in [0.1, 0.15) is 11.6 Å². The Morgan fingerprint density at radius 2 is 2.26 bits per heavy atom. The molecule has 0 saturated heterocycles. The molecule has 0 radical (unpaired) electrons. The average molecular weight is 284 g/mol. The number of carbonyl (C=O) groups excluding carboxylic acids is 1. The highest BCUT2D eigenvalue weighted by Gasteiger charge is 2.11. The molecule has 19 heavy (non-hydrogen) atoms. The lowest BCUT2D eigenvalue weighted by molar-refractivity contribution is -0.118. The SMILES string of the molecule is NC(=O)CCCn1c(CCCl)nc2ccc(F)cc21. The normalized spacial score (nSPS) is 11.1. The minimum absolute atomic E-state index is 0.301. The number of nitrogens with zero attached hydrogens (tertiary/aromatic N) is 2. The predicted molar refractivity (Wildman–Crippen MR) is 72.5 cm³/mol. The number of hydrogen-bond acceptors (Lipinski definition) is 2. The number of imidazole rings is 1. The van der Waals surface area contributed by atoms with Gasteiger partial charge in [-0.05, 0) is 24.6 Å². The number of nitrogens with two attached hydrogens (primary N) is 1. The van der Waals surface area contributed by atoms with Crippen molar-refractivity contribution in [3.63, 3.8) is 0 Å². The molecule has 0 aliphatic rings. The second-order valence-electron chi connectivity index (χ2n) is 4.32. The summed E-state index contributed by atoms with van der Waals surface area (Å²) in [4.78, 5) is 15.2. The first-order valence-electron chi connectivity index (χ1n) is 6.10. The van der Waals surface area contributed by atoms with E-state index in [4.69, 9.17) is 17.3 Å². The van der Waals surface area contributed by atoms with Crippen LogP contribution in [0.4, 0.5) is 4.39 Å². The largest absolute Gasteiger partial charge is 0.370 e. The van der Waals surface area contributed by atoms with Crippen molar-refractivity contribution in [3.8, 4) is 0 Å². The number of halogens is 2. The third-order valence-electron chi connectivity index (χ3n) is 2.91. The van der Waals surface area contributed by atoms with Gasteiger partial charge in [0.2, 0.25) is 5.91 Å². The molecule has 0 atom stereocenters. The van der Waals surface area contributed by atoms with Crippen LogP contribution in [0.25, 0.3) is 11.0 Å². The number of amides is 1. The molecule has 1 amide bonds. The highest BCUT2D eigenvalue weighted by molar-refractivity contribution is 6.17. The molecule has 2 rings (SSSR count). The summed E-state index contributed by atoms with van der Waals surface area (Å²) in [5.41, 5.74) is 6.58. The minimum atomic E-state index is -0.338. The van der Waals surface area contributed by atoms with Gasteiger partial charge in [-0.3, -0.25) is 4.79 Å². The number of carbonyl (C=O) groups is 1. The zero-order chi connectivity index (χ0) is 13.8. The summed E-state index contributed by atoms with van der Waals surface area (Å²) < 4.78 is 15.2. The molecule has 4 nitrogen and oxygen atoms in total. The molecular formula is C13H15ClFN3O. The van der Waals surface area contributed by atoms with Gasteiger partial charge in [-0.1, -0.05) is 0 Å². The fourth-order valence-corrected chi connectivity index (χ4v) is 2.25. The van der Waals surface area contributed by atoms with Crippen molar-refractivity contribution in [1.82, 2.24) is 9.55 Å². The van der Waals surface area contributed by atoms with Crippen molar-refractivity contribution in [2.75, 3.05) is 5.88 Å². The second kappa shape index (κ2) is 6.02.